The lowest BCUT2D eigenvalue weighted by Gasteiger charge is -2.21. The maximum atomic E-state index is 13.8. The summed E-state index contributed by atoms with van der Waals surface area (Å²) >= 11 is 0. The zero-order valence-corrected chi connectivity index (χ0v) is 14.1. The molecule has 0 bridgehead atoms. The van der Waals surface area contributed by atoms with Crippen molar-refractivity contribution >= 4 is 5.91 Å². The van der Waals surface area contributed by atoms with Crippen molar-refractivity contribution in [3.8, 4) is 17.2 Å². The van der Waals surface area contributed by atoms with E-state index in [1.54, 1.807) is 31.3 Å². The van der Waals surface area contributed by atoms with E-state index in [1.807, 2.05) is 0 Å². The molecule has 0 radical (unpaired) electrons. The van der Waals surface area contributed by atoms with Crippen molar-refractivity contribution in [3.05, 3.63) is 53.3 Å². The van der Waals surface area contributed by atoms with Crippen molar-refractivity contribution in [1.29, 1.82) is 0 Å². The van der Waals surface area contributed by atoms with Crippen LogP contribution in [-0.4, -0.2) is 39.2 Å². The number of carbonyl (C=O) groups excluding carboxylic acids is 1. The summed E-state index contributed by atoms with van der Waals surface area (Å²) in [6.07, 6.45) is 0. The smallest absolute Gasteiger partial charge is 0.256 e. The molecule has 128 valence electrons. The second-order valence-corrected chi connectivity index (χ2v) is 5.13. The van der Waals surface area contributed by atoms with Gasteiger partial charge in [0.15, 0.2) is 11.5 Å². The average molecular weight is 333 g/mol. The molecule has 0 heterocycles. The quantitative estimate of drug-likeness (QED) is 0.815. The van der Waals surface area contributed by atoms with Crippen molar-refractivity contribution in [2.45, 2.75) is 6.54 Å². The van der Waals surface area contributed by atoms with Gasteiger partial charge in [-0.3, -0.25) is 4.79 Å². The van der Waals surface area contributed by atoms with E-state index in [9.17, 15) is 9.18 Å². The summed E-state index contributed by atoms with van der Waals surface area (Å²) < 4.78 is 29.8. The van der Waals surface area contributed by atoms with Crippen LogP contribution in [0.1, 0.15) is 15.9 Å². The first-order valence-electron chi connectivity index (χ1n) is 7.31. The van der Waals surface area contributed by atoms with Crippen LogP contribution in [-0.2, 0) is 6.54 Å². The molecule has 0 aliphatic rings. The van der Waals surface area contributed by atoms with Crippen LogP contribution in [0.25, 0.3) is 0 Å². The van der Waals surface area contributed by atoms with Crippen LogP contribution < -0.4 is 14.2 Å². The third-order valence-electron chi connectivity index (χ3n) is 3.64. The van der Waals surface area contributed by atoms with Gasteiger partial charge in [-0.15, -0.1) is 0 Å². The van der Waals surface area contributed by atoms with E-state index in [4.69, 9.17) is 14.2 Å². The van der Waals surface area contributed by atoms with Gasteiger partial charge in [-0.25, -0.2) is 4.39 Å². The molecule has 6 heteroatoms. The monoisotopic (exact) mass is 333 g/mol. The number of amides is 1. The number of hydrogen-bond donors (Lipinski definition) is 0. The first kappa shape index (κ1) is 17.6. The zero-order valence-electron chi connectivity index (χ0n) is 14.1. The van der Waals surface area contributed by atoms with Gasteiger partial charge in [-0.1, -0.05) is 12.1 Å². The fourth-order valence-electron chi connectivity index (χ4n) is 2.46. The van der Waals surface area contributed by atoms with Gasteiger partial charge in [0, 0.05) is 19.2 Å². The summed E-state index contributed by atoms with van der Waals surface area (Å²) in [7, 11) is 6.16. The number of halogens is 1. The van der Waals surface area contributed by atoms with Gasteiger partial charge in [-0.05, 0) is 24.3 Å². The minimum atomic E-state index is -0.548. The SMILES string of the molecule is COc1ccc(CN(C)C(=O)c2ccccc2F)c(OC)c1OC. The van der Waals surface area contributed by atoms with E-state index in [2.05, 4.69) is 0 Å². The van der Waals surface area contributed by atoms with Crippen LogP contribution in [0.5, 0.6) is 17.2 Å². The Morgan fingerprint density at radius 2 is 1.67 bits per heavy atom. The fourth-order valence-corrected chi connectivity index (χ4v) is 2.46. The van der Waals surface area contributed by atoms with Gasteiger partial charge in [0.2, 0.25) is 5.75 Å². The highest BCUT2D eigenvalue weighted by Crippen LogP contribution is 2.40. The molecule has 0 saturated carbocycles. The molecule has 0 N–H and O–H groups in total. The van der Waals surface area contributed by atoms with Crippen molar-refractivity contribution < 1.29 is 23.4 Å². The third-order valence-corrected chi connectivity index (χ3v) is 3.64. The summed E-state index contributed by atoms with van der Waals surface area (Å²) in [4.78, 5) is 13.9. The standard InChI is InChI=1S/C18H20FNO4/c1-20(18(21)13-7-5-6-8-14(13)19)11-12-9-10-15(22-2)17(24-4)16(12)23-3/h5-10H,11H2,1-4H3. The van der Waals surface area contributed by atoms with E-state index < -0.39 is 11.7 Å². The maximum Gasteiger partial charge on any atom is 0.256 e. The molecular weight excluding hydrogens is 313 g/mol. The molecule has 0 aliphatic heterocycles. The number of carbonyl (C=O) groups is 1. The van der Waals surface area contributed by atoms with Crippen molar-refractivity contribution in [2.75, 3.05) is 28.4 Å². The molecule has 1 amide bonds. The highest BCUT2D eigenvalue weighted by atomic mass is 19.1. The highest BCUT2D eigenvalue weighted by molar-refractivity contribution is 5.94. The Morgan fingerprint density at radius 1 is 1.00 bits per heavy atom. The predicted molar refractivity (Wildman–Crippen MR) is 88.3 cm³/mol. The summed E-state index contributed by atoms with van der Waals surface area (Å²) in [6, 6.07) is 9.41. The van der Waals surface area contributed by atoms with Crippen LogP contribution in [0.4, 0.5) is 4.39 Å². The highest BCUT2D eigenvalue weighted by Gasteiger charge is 2.20. The van der Waals surface area contributed by atoms with Gasteiger partial charge < -0.3 is 19.1 Å². The summed E-state index contributed by atoms with van der Waals surface area (Å²) in [5.41, 5.74) is 0.752. The first-order valence-corrected chi connectivity index (χ1v) is 7.31. The lowest BCUT2D eigenvalue weighted by Crippen LogP contribution is -2.27. The van der Waals surface area contributed by atoms with E-state index in [1.165, 1.54) is 38.4 Å². The normalized spacial score (nSPS) is 10.2. The predicted octanol–water partition coefficient (Wildman–Crippen LogP) is 3.12. The molecule has 0 aliphatic carbocycles. The minimum Gasteiger partial charge on any atom is -0.493 e. The number of methoxy groups -OCH3 is 3. The van der Waals surface area contributed by atoms with Crippen molar-refractivity contribution in [2.24, 2.45) is 0 Å². The van der Waals surface area contributed by atoms with Crippen LogP contribution in [0.15, 0.2) is 36.4 Å². The van der Waals surface area contributed by atoms with Gasteiger partial charge in [0.1, 0.15) is 5.82 Å². The second-order valence-electron chi connectivity index (χ2n) is 5.13. The Balaban J connectivity index is 2.30. The lowest BCUT2D eigenvalue weighted by molar-refractivity contribution is 0.0779. The number of benzene rings is 2. The number of rotatable bonds is 6. The van der Waals surface area contributed by atoms with Crippen molar-refractivity contribution in [1.82, 2.24) is 4.90 Å². The average Bonchev–Trinajstić information content (AvgIpc) is 2.60. The molecule has 0 aromatic heterocycles. The molecule has 0 unspecified atom stereocenters. The van der Waals surface area contributed by atoms with Gasteiger partial charge in [-0.2, -0.15) is 0 Å². The molecule has 2 aromatic rings. The summed E-state index contributed by atoms with van der Waals surface area (Å²) in [5, 5.41) is 0. The largest absolute Gasteiger partial charge is 0.493 e. The molecule has 0 atom stereocenters. The van der Waals surface area contributed by atoms with Crippen LogP contribution >= 0.6 is 0 Å². The van der Waals surface area contributed by atoms with E-state index >= 15 is 0 Å². The second kappa shape index (κ2) is 7.68. The Morgan fingerprint density at radius 3 is 2.25 bits per heavy atom. The van der Waals surface area contributed by atoms with E-state index in [0.29, 0.717) is 17.2 Å². The molecule has 0 saturated heterocycles. The minimum absolute atomic E-state index is 0.0273. The van der Waals surface area contributed by atoms with E-state index in [0.717, 1.165) is 5.56 Å². The maximum absolute atomic E-state index is 13.8. The summed E-state index contributed by atoms with van der Waals surface area (Å²) in [6.45, 7) is 0.233. The Labute approximate surface area is 140 Å². The molecule has 2 aromatic carbocycles. The molecule has 0 spiro atoms. The Kier molecular flexibility index (Phi) is 5.63. The first-order chi connectivity index (χ1) is 11.5. The third kappa shape index (κ3) is 3.42. The number of hydrogen-bond acceptors (Lipinski definition) is 4. The number of ether oxygens (including phenoxy) is 3. The fraction of sp³-hybridized carbons (Fsp3) is 0.278. The molecule has 0 fully saturated rings. The topological polar surface area (TPSA) is 48.0 Å². The molecule has 2 rings (SSSR count). The van der Waals surface area contributed by atoms with Gasteiger partial charge >= 0.3 is 0 Å². The lowest BCUT2D eigenvalue weighted by atomic mass is 10.1. The molecule has 24 heavy (non-hydrogen) atoms. The Hall–Kier alpha value is -2.76. The van der Waals surface area contributed by atoms with Crippen LogP contribution in [0, 0.1) is 5.82 Å². The van der Waals surface area contributed by atoms with Gasteiger partial charge in [0.25, 0.3) is 5.91 Å². The zero-order chi connectivity index (χ0) is 17.7. The Bertz CT molecular complexity index is 733. The van der Waals surface area contributed by atoms with E-state index in [-0.39, 0.29) is 12.1 Å². The number of nitrogens with zero attached hydrogens (tertiary/aromatic N) is 1. The molecule has 5 nitrogen and oxygen atoms in total. The van der Waals surface area contributed by atoms with Crippen LogP contribution in [0.3, 0.4) is 0 Å². The molecular formula is C18H20FNO4. The van der Waals surface area contributed by atoms with Crippen LogP contribution in [0.2, 0.25) is 0 Å². The van der Waals surface area contributed by atoms with Gasteiger partial charge in [0.05, 0.1) is 26.9 Å². The summed E-state index contributed by atoms with van der Waals surface area (Å²) in [5.74, 6) is 0.494. The van der Waals surface area contributed by atoms with Crippen molar-refractivity contribution in [3.63, 3.8) is 0 Å².